The first-order valence-electron chi connectivity index (χ1n) is 6.27. The third-order valence-electron chi connectivity index (χ3n) is 2.91. The summed E-state index contributed by atoms with van der Waals surface area (Å²) < 4.78 is 15.5. The highest BCUT2D eigenvalue weighted by Gasteiger charge is 2.20. The molecule has 0 amide bonds. The molecule has 0 spiro atoms. The molecule has 0 aliphatic heterocycles. The standard InChI is InChI=1S/C15H16O5/c1-8(2)14(16)20-10-5-6-12-11(7-10)13(9(3)19-12)15(17)18-4/h5-8H,1-4H3. The van der Waals surface area contributed by atoms with E-state index in [2.05, 4.69) is 0 Å². The zero-order chi connectivity index (χ0) is 14.9. The number of carbonyl (C=O) groups excluding carboxylic acids is 2. The molecule has 0 saturated heterocycles. The smallest absolute Gasteiger partial charge is 0.342 e. The summed E-state index contributed by atoms with van der Waals surface area (Å²) in [7, 11) is 1.31. The summed E-state index contributed by atoms with van der Waals surface area (Å²) in [4.78, 5) is 23.4. The molecular weight excluding hydrogens is 260 g/mol. The summed E-state index contributed by atoms with van der Waals surface area (Å²) >= 11 is 0. The minimum absolute atomic E-state index is 0.225. The molecule has 106 valence electrons. The van der Waals surface area contributed by atoms with Crippen molar-refractivity contribution in [3.8, 4) is 5.75 Å². The molecule has 0 saturated carbocycles. The maximum absolute atomic E-state index is 11.8. The summed E-state index contributed by atoms with van der Waals surface area (Å²) in [6.45, 7) is 5.19. The van der Waals surface area contributed by atoms with Gasteiger partial charge in [0.05, 0.1) is 13.0 Å². The zero-order valence-electron chi connectivity index (χ0n) is 11.9. The second kappa shape index (κ2) is 5.36. The van der Waals surface area contributed by atoms with Gasteiger partial charge in [-0.25, -0.2) is 4.79 Å². The maximum Gasteiger partial charge on any atom is 0.342 e. The van der Waals surface area contributed by atoms with Gasteiger partial charge in [0.2, 0.25) is 0 Å². The van der Waals surface area contributed by atoms with Crippen LogP contribution in [0.1, 0.15) is 30.0 Å². The van der Waals surface area contributed by atoms with Gasteiger partial charge in [-0.15, -0.1) is 0 Å². The number of hydrogen-bond acceptors (Lipinski definition) is 5. The third kappa shape index (κ3) is 2.52. The van der Waals surface area contributed by atoms with E-state index in [0.29, 0.717) is 28.0 Å². The van der Waals surface area contributed by atoms with Crippen LogP contribution in [-0.2, 0) is 9.53 Å². The van der Waals surface area contributed by atoms with E-state index >= 15 is 0 Å². The van der Waals surface area contributed by atoms with Gasteiger partial charge in [0.25, 0.3) is 0 Å². The van der Waals surface area contributed by atoms with Crippen molar-refractivity contribution >= 4 is 22.9 Å². The molecule has 5 heteroatoms. The topological polar surface area (TPSA) is 65.7 Å². The van der Waals surface area contributed by atoms with Crippen molar-refractivity contribution in [2.24, 2.45) is 5.92 Å². The van der Waals surface area contributed by atoms with Crippen molar-refractivity contribution in [1.29, 1.82) is 0 Å². The normalized spacial score (nSPS) is 10.8. The van der Waals surface area contributed by atoms with E-state index in [-0.39, 0.29) is 11.9 Å². The lowest BCUT2D eigenvalue weighted by molar-refractivity contribution is -0.137. The average molecular weight is 276 g/mol. The summed E-state index contributed by atoms with van der Waals surface area (Å²) in [6, 6.07) is 4.91. The number of benzene rings is 1. The Morgan fingerprint density at radius 1 is 1.25 bits per heavy atom. The van der Waals surface area contributed by atoms with E-state index in [0.717, 1.165) is 0 Å². The minimum atomic E-state index is -0.478. The van der Waals surface area contributed by atoms with Gasteiger partial charge in [-0.05, 0) is 25.1 Å². The summed E-state index contributed by atoms with van der Waals surface area (Å²) in [5.74, 6) is -0.184. The number of fused-ring (bicyclic) bond motifs is 1. The molecule has 20 heavy (non-hydrogen) atoms. The molecule has 0 aliphatic rings. The molecule has 0 bridgehead atoms. The fraction of sp³-hybridized carbons (Fsp3) is 0.333. The van der Waals surface area contributed by atoms with Crippen LogP contribution < -0.4 is 4.74 Å². The quantitative estimate of drug-likeness (QED) is 0.636. The Morgan fingerprint density at radius 2 is 1.95 bits per heavy atom. The van der Waals surface area contributed by atoms with E-state index in [4.69, 9.17) is 13.9 Å². The van der Waals surface area contributed by atoms with Crippen molar-refractivity contribution in [1.82, 2.24) is 0 Å². The molecule has 5 nitrogen and oxygen atoms in total. The second-order valence-electron chi connectivity index (χ2n) is 4.76. The van der Waals surface area contributed by atoms with Crippen LogP contribution in [0.4, 0.5) is 0 Å². The van der Waals surface area contributed by atoms with Crippen molar-refractivity contribution in [3.63, 3.8) is 0 Å². The van der Waals surface area contributed by atoms with E-state index in [1.54, 1.807) is 39.0 Å². The number of furan rings is 1. The fourth-order valence-corrected chi connectivity index (χ4v) is 1.85. The minimum Gasteiger partial charge on any atom is -0.465 e. The molecule has 0 radical (unpaired) electrons. The first kappa shape index (κ1) is 14.1. The van der Waals surface area contributed by atoms with Gasteiger partial charge in [0.1, 0.15) is 22.7 Å². The van der Waals surface area contributed by atoms with Gasteiger partial charge in [-0.2, -0.15) is 0 Å². The number of ether oxygens (including phenoxy) is 2. The first-order valence-corrected chi connectivity index (χ1v) is 6.27. The molecule has 0 fully saturated rings. The average Bonchev–Trinajstić information content (AvgIpc) is 2.73. The highest BCUT2D eigenvalue weighted by atomic mass is 16.5. The molecule has 0 aliphatic carbocycles. The molecular formula is C15H16O5. The lowest BCUT2D eigenvalue weighted by Crippen LogP contribution is -2.14. The Kier molecular flexibility index (Phi) is 3.79. The van der Waals surface area contributed by atoms with Crippen LogP contribution in [0.25, 0.3) is 11.0 Å². The zero-order valence-corrected chi connectivity index (χ0v) is 11.9. The lowest BCUT2D eigenvalue weighted by atomic mass is 10.1. The summed E-state index contributed by atoms with van der Waals surface area (Å²) in [6.07, 6.45) is 0. The summed E-state index contributed by atoms with van der Waals surface area (Å²) in [5, 5.41) is 0.573. The summed E-state index contributed by atoms with van der Waals surface area (Å²) in [5.41, 5.74) is 0.900. The van der Waals surface area contributed by atoms with Crippen molar-refractivity contribution in [2.75, 3.05) is 7.11 Å². The maximum atomic E-state index is 11.8. The Labute approximate surface area is 116 Å². The molecule has 0 unspecified atom stereocenters. The van der Waals surface area contributed by atoms with E-state index in [1.165, 1.54) is 7.11 Å². The molecule has 1 aromatic carbocycles. The number of aryl methyl sites for hydroxylation is 1. The van der Waals surface area contributed by atoms with Crippen LogP contribution in [-0.4, -0.2) is 19.0 Å². The van der Waals surface area contributed by atoms with Crippen molar-refractivity contribution in [2.45, 2.75) is 20.8 Å². The van der Waals surface area contributed by atoms with Crippen LogP contribution in [0, 0.1) is 12.8 Å². The molecule has 2 aromatic rings. The number of methoxy groups -OCH3 is 1. The Bertz CT molecular complexity index is 666. The number of rotatable bonds is 3. The second-order valence-corrected chi connectivity index (χ2v) is 4.76. The van der Waals surface area contributed by atoms with Gasteiger partial charge in [-0.1, -0.05) is 13.8 Å². The fourth-order valence-electron chi connectivity index (χ4n) is 1.85. The SMILES string of the molecule is COC(=O)c1c(C)oc2ccc(OC(=O)C(C)C)cc12. The Hall–Kier alpha value is -2.30. The van der Waals surface area contributed by atoms with E-state index in [9.17, 15) is 9.59 Å². The number of esters is 2. The van der Waals surface area contributed by atoms with E-state index < -0.39 is 5.97 Å². The van der Waals surface area contributed by atoms with Crippen LogP contribution in [0.2, 0.25) is 0 Å². The lowest BCUT2D eigenvalue weighted by Gasteiger charge is -2.06. The van der Waals surface area contributed by atoms with Crippen LogP contribution in [0.15, 0.2) is 22.6 Å². The third-order valence-corrected chi connectivity index (χ3v) is 2.91. The first-order chi connectivity index (χ1) is 9.43. The molecule has 1 heterocycles. The molecule has 0 atom stereocenters. The molecule has 2 rings (SSSR count). The van der Waals surface area contributed by atoms with Gasteiger partial charge in [0.15, 0.2) is 0 Å². The van der Waals surface area contributed by atoms with Gasteiger partial charge < -0.3 is 13.9 Å². The van der Waals surface area contributed by atoms with Crippen LogP contribution in [0.3, 0.4) is 0 Å². The monoisotopic (exact) mass is 276 g/mol. The van der Waals surface area contributed by atoms with Crippen molar-refractivity contribution < 1.29 is 23.5 Å². The highest BCUT2D eigenvalue weighted by Crippen LogP contribution is 2.29. The van der Waals surface area contributed by atoms with Gasteiger partial charge in [0, 0.05) is 5.39 Å². The highest BCUT2D eigenvalue weighted by molar-refractivity contribution is 6.04. The van der Waals surface area contributed by atoms with Crippen LogP contribution >= 0.6 is 0 Å². The van der Waals surface area contributed by atoms with E-state index in [1.807, 2.05) is 0 Å². The Balaban J connectivity index is 2.47. The van der Waals surface area contributed by atoms with Crippen molar-refractivity contribution in [3.05, 3.63) is 29.5 Å². The largest absolute Gasteiger partial charge is 0.465 e. The van der Waals surface area contributed by atoms with Gasteiger partial charge >= 0.3 is 11.9 Å². The predicted octanol–water partition coefficient (Wildman–Crippen LogP) is 3.09. The van der Waals surface area contributed by atoms with Gasteiger partial charge in [-0.3, -0.25) is 4.79 Å². The predicted molar refractivity (Wildman–Crippen MR) is 72.8 cm³/mol. The van der Waals surface area contributed by atoms with Crippen LogP contribution in [0.5, 0.6) is 5.75 Å². The number of hydrogen-bond donors (Lipinski definition) is 0. The Morgan fingerprint density at radius 3 is 2.55 bits per heavy atom. The number of carbonyl (C=O) groups is 2. The molecule has 1 aromatic heterocycles. The molecule has 0 N–H and O–H groups in total.